The Bertz CT molecular complexity index is 1940. The first kappa shape index (κ1) is 37.6. The van der Waals surface area contributed by atoms with Gasteiger partial charge in [0.1, 0.15) is 24.2 Å². The molecule has 0 radical (unpaired) electrons. The van der Waals surface area contributed by atoms with Gasteiger partial charge in [-0.3, -0.25) is 4.79 Å². The van der Waals surface area contributed by atoms with E-state index in [0.29, 0.717) is 17.6 Å². The number of carbonyl (C=O) groups excluding carboxylic acids is 1. The second kappa shape index (κ2) is 15.7. The Hall–Kier alpha value is -3.61. The van der Waals surface area contributed by atoms with Crippen LogP contribution in [0, 0.1) is 15.2 Å². The molecule has 2 N–H and O–H groups in total. The minimum Gasteiger partial charge on any atom is -0.465 e. The summed E-state index contributed by atoms with van der Waals surface area (Å²) in [5.41, 5.74) is 0.553. The first-order valence-corrected chi connectivity index (χ1v) is 22.4. The number of piperidine rings is 1. The van der Waals surface area contributed by atoms with E-state index in [9.17, 15) is 23.1 Å². The molecule has 11 nitrogen and oxygen atoms in total. The molecule has 0 spiro atoms. The fourth-order valence-electron chi connectivity index (χ4n) is 5.80. The van der Waals surface area contributed by atoms with Crippen molar-refractivity contribution in [2.75, 3.05) is 19.7 Å². The number of halogens is 3. The summed E-state index contributed by atoms with van der Waals surface area (Å²) in [5.74, 6) is -3.17. The Kier molecular flexibility index (Phi) is 11.8. The Labute approximate surface area is 304 Å². The number of amides is 2. The van der Waals surface area contributed by atoms with Crippen LogP contribution in [0.4, 0.5) is 13.6 Å². The first-order chi connectivity index (χ1) is 23.6. The van der Waals surface area contributed by atoms with Crippen molar-refractivity contribution in [1.82, 2.24) is 19.8 Å². The van der Waals surface area contributed by atoms with Gasteiger partial charge in [0.15, 0.2) is 27.2 Å². The quantitative estimate of drug-likeness (QED) is 0.0866. The lowest BCUT2D eigenvalue weighted by Crippen LogP contribution is -2.52. The number of pyridine rings is 1. The van der Waals surface area contributed by atoms with Gasteiger partial charge in [-0.05, 0) is 77.4 Å². The molecule has 0 unspecified atom stereocenters. The van der Waals surface area contributed by atoms with Crippen molar-refractivity contribution in [3.8, 4) is 11.5 Å². The van der Waals surface area contributed by atoms with Crippen molar-refractivity contribution in [3.05, 3.63) is 81.7 Å². The smallest absolute Gasteiger partial charge is 0.405 e. The number of likely N-dealkylation sites (tertiary alicyclic amines) is 1. The van der Waals surface area contributed by atoms with Crippen LogP contribution >= 0.6 is 22.6 Å². The molecule has 2 aromatic carbocycles. The highest BCUT2D eigenvalue weighted by Crippen LogP contribution is 2.36. The number of nitrogens with zero attached hydrogens (tertiary/aromatic N) is 3. The average Bonchev–Trinajstić information content (AvgIpc) is 3.39. The van der Waals surface area contributed by atoms with E-state index < -0.39 is 58.6 Å². The standard InChI is InChI=1S/C34H39F2IN4O7SSi/c1-50(2,3)16-15-47-21-41-20-27(37)30-29(9-12-38-32(30)41)48-31-25(35)17-22(18-26(31)36)19-28(39-34(43)44)33(42)40-13-10-24(11-14-40)49(45,46)23-7-5-4-6-8-23/h4-9,12,17-18,20,24,28,39H,10-11,13-16,19,21H2,1-3H3,(H,43,44)/t28-/m0/s1. The van der Waals surface area contributed by atoms with Gasteiger partial charge in [-0.25, -0.2) is 27.0 Å². The summed E-state index contributed by atoms with van der Waals surface area (Å²) in [5, 5.41) is 11.5. The highest BCUT2D eigenvalue weighted by Gasteiger charge is 2.35. The summed E-state index contributed by atoms with van der Waals surface area (Å²) >= 11 is 2.10. The molecule has 3 heterocycles. The molecule has 1 atom stereocenters. The number of carboxylic acid groups (broad SMARTS) is 1. The fourth-order valence-corrected chi connectivity index (χ4v) is 9.15. The van der Waals surface area contributed by atoms with E-state index in [1.165, 1.54) is 29.3 Å². The third-order valence-electron chi connectivity index (χ3n) is 8.47. The monoisotopic (exact) mass is 840 g/mol. The van der Waals surface area contributed by atoms with E-state index in [2.05, 4.69) is 52.5 Å². The van der Waals surface area contributed by atoms with Gasteiger partial charge in [0.05, 0.1) is 15.5 Å². The molecular formula is C34H39F2IN4O7SSi. The van der Waals surface area contributed by atoms with Gasteiger partial charge in [-0.15, -0.1) is 0 Å². The van der Waals surface area contributed by atoms with Gasteiger partial charge in [0.25, 0.3) is 0 Å². The lowest BCUT2D eigenvalue weighted by molar-refractivity contribution is -0.134. The summed E-state index contributed by atoms with van der Waals surface area (Å²) in [7, 11) is -4.88. The van der Waals surface area contributed by atoms with Crippen molar-refractivity contribution < 1.29 is 41.4 Å². The Morgan fingerprint density at radius 3 is 2.38 bits per heavy atom. The summed E-state index contributed by atoms with van der Waals surface area (Å²) in [6, 6.07) is 11.2. The second-order valence-electron chi connectivity index (χ2n) is 13.4. The number of hydrogen-bond donors (Lipinski definition) is 2. The third-order valence-corrected chi connectivity index (χ3v) is 13.3. The van der Waals surface area contributed by atoms with E-state index >= 15 is 8.78 Å². The minimum atomic E-state index is -3.61. The molecule has 1 aliphatic rings. The molecule has 2 aromatic heterocycles. The molecular weight excluding hydrogens is 801 g/mol. The van der Waals surface area contributed by atoms with Gasteiger partial charge in [-0.2, -0.15) is 0 Å². The fraction of sp³-hybridized carbons (Fsp3) is 0.382. The van der Waals surface area contributed by atoms with Crippen molar-refractivity contribution in [1.29, 1.82) is 0 Å². The van der Waals surface area contributed by atoms with E-state index in [1.807, 2.05) is 6.20 Å². The van der Waals surface area contributed by atoms with Crippen LogP contribution in [0.15, 0.2) is 65.8 Å². The molecule has 2 amide bonds. The van der Waals surface area contributed by atoms with Gasteiger partial charge in [0.2, 0.25) is 5.91 Å². The zero-order chi connectivity index (χ0) is 36.2. The number of rotatable bonds is 13. The summed E-state index contributed by atoms with van der Waals surface area (Å²) in [6.45, 7) is 7.81. The number of ether oxygens (including phenoxy) is 2. The first-order valence-electron chi connectivity index (χ1n) is 16.1. The van der Waals surface area contributed by atoms with E-state index in [-0.39, 0.29) is 55.3 Å². The summed E-state index contributed by atoms with van der Waals surface area (Å²) in [6.07, 6.45) is 1.79. The summed E-state index contributed by atoms with van der Waals surface area (Å²) < 4.78 is 71.3. The van der Waals surface area contributed by atoms with Crippen molar-refractivity contribution in [2.24, 2.45) is 0 Å². The van der Waals surface area contributed by atoms with E-state index in [1.54, 1.807) is 22.8 Å². The van der Waals surface area contributed by atoms with Crippen LogP contribution in [0.2, 0.25) is 25.7 Å². The zero-order valence-electron chi connectivity index (χ0n) is 27.9. The highest BCUT2D eigenvalue weighted by molar-refractivity contribution is 14.1. The molecule has 0 bridgehead atoms. The van der Waals surface area contributed by atoms with Gasteiger partial charge in [0, 0.05) is 50.2 Å². The number of aromatic nitrogens is 2. The van der Waals surface area contributed by atoms with Crippen LogP contribution in [0.5, 0.6) is 11.5 Å². The average molecular weight is 841 g/mol. The zero-order valence-corrected chi connectivity index (χ0v) is 31.8. The maximum absolute atomic E-state index is 15.5. The molecule has 4 aromatic rings. The number of benzene rings is 2. The lowest BCUT2D eigenvalue weighted by atomic mass is 10.0. The van der Waals surface area contributed by atoms with Crippen molar-refractivity contribution in [3.63, 3.8) is 0 Å². The van der Waals surface area contributed by atoms with Crippen LogP contribution < -0.4 is 10.1 Å². The lowest BCUT2D eigenvalue weighted by Gasteiger charge is -2.34. The van der Waals surface area contributed by atoms with Crippen molar-refractivity contribution in [2.45, 2.75) is 67.9 Å². The van der Waals surface area contributed by atoms with Crippen LogP contribution in [0.3, 0.4) is 0 Å². The minimum absolute atomic E-state index is 0.0251. The normalized spacial score (nSPS) is 14.9. The molecule has 1 aliphatic heterocycles. The molecule has 1 saturated heterocycles. The van der Waals surface area contributed by atoms with Crippen LogP contribution in [-0.4, -0.2) is 79.0 Å². The number of fused-ring (bicyclic) bond motifs is 1. The van der Waals surface area contributed by atoms with E-state index in [0.717, 1.165) is 21.7 Å². The Balaban J connectivity index is 1.28. The maximum Gasteiger partial charge on any atom is 0.405 e. The molecule has 1 fully saturated rings. The number of nitrogens with one attached hydrogen (secondary N) is 1. The van der Waals surface area contributed by atoms with Crippen LogP contribution in [0.25, 0.3) is 11.0 Å². The third kappa shape index (κ3) is 8.99. The predicted octanol–water partition coefficient (Wildman–Crippen LogP) is 6.67. The predicted molar refractivity (Wildman–Crippen MR) is 195 cm³/mol. The largest absolute Gasteiger partial charge is 0.465 e. The molecule has 0 saturated carbocycles. The van der Waals surface area contributed by atoms with Gasteiger partial charge < -0.3 is 29.4 Å². The van der Waals surface area contributed by atoms with Gasteiger partial charge >= 0.3 is 6.09 Å². The topological polar surface area (TPSA) is 140 Å². The second-order valence-corrected chi connectivity index (χ2v) is 22.4. The number of carbonyl (C=O) groups is 2. The van der Waals surface area contributed by atoms with Gasteiger partial charge in [-0.1, -0.05) is 37.8 Å². The van der Waals surface area contributed by atoms with E-state index in [4.69, 9.17) is 9.47 Å². The van der Waals surface area contributed by atoms with Crippen molar-refractivity contribution >= 4 is 63.5 Å². The highest BCUT2D eigenvalue weighted by atomic mass is 127. The molecule has 0 aliphatic carbocycles. The maximum atomic E-state index is 15.5. The molecule has 268 valence electrons. The Morgan fingerprint density at radius 2 is 1.76 bits per heavy atom. The number of hydrogen-bond acceptors (Lipinski definition) is 7. The number of sulfone groups is 1. The van der Waals surface area contributed by atoms with Crippen LogP contribution in [0.1, 0.15) is 18.4 Å². The SMILES string of the molecule is C[Si](C)(C)CCOCn1cc(I)c2c(Oc3c(F)cc(C[C@H](NC(=O)O)C(=O)N4CCC(S(=O)(=O)c5ccccc5)CC4)cc3F)ccnc21. The Morgan fingerprint density at radius 1 is 1.10 bits per heavy atom. The molecule has 50 heavy (non-hydrogen) atoms. The molecule has 16 heteroatoms. The van der Waals surface area contributed by atoms with Crippen LogP contribution in [-0.2, 0) is 32.5 Å². The summed E-state index contributed by atoms with van der Waals surface area (Å²) in [4.78, 5) is 31.1. The molecule has 5 rings (SSSR count).